The van der Waals surface area contributed by atoms with E-state index in [0.29, 0.717) is 5.56 Å². The van der Waals surface area contributed by atoms with Gasteiger partial charge in [-0.15, -0.1) is 0 Å². The highest BCUT2D eigenvalue weighted by molar-refractivity contribution is 5.80. The van der Waals surface area contributed by atoms with Gasteiger partial charge in [0.15, 0.2) is 11.5 Å². The van der Waals surface area contributed by atoms with Gasteiger partial charge in [0.2, 0.25) is 0 Å². The van der Waals surface area contributed by atoms with Crippen molar-refractivity contribution in [1.82, 2.24) is 5.32 Å². The summed E-state index contributed by atoms with van der Waals surface area (Å²) in [5, 5.41) is 11.8. The summed E-state index contributed by atoms with van der Waals surface area (Å²) in [5.41, 5.74) is -0.454. The summed E-state index contributed by atoms with van der Waals surface area (Å²) < 4.78 is 25.2. The zero-order valence-electron chi connectivity index (χ0n) is 19.8. The number of alkyl carbamates (subject to hydrolysis) is 1. The Balaban J connectivity index is 3.12. The molecule has 0 aliphatic carbocycles. The first-order chi connectivity index (χ1) is 15.2. The Morgan fingerprint density at radius 3 is 1.88 bits per heavy atom. The molecule has 0 heterocycles. The Morgan fingerprint density at radius 1 is 0.909 bits per heavy atom. The number of hydrogen-bond acceptors (Lipinski definition) is 9. The average molecular weight is 469 g/mol. The van der Waals surface area contributed by atoms with Crippen molar-refractivity contribution in [3.05, 3.63) is 23.8 Å². The second-order valence-corrected chi connectivity index (χ2v) is 8.56. The van der Waals surface area contributed by atoms with E-state index in [4.69, 9.17) is 23.7 Å². The third-order valence-electron chi connectivity index (χ3n) is 3.49. The van der Waals surface area contributed by atoms with Crippen LogP contribution in [0.25, 0.3) is 0 Å². The molecule has 0 saturated carbocycles. The lowest BCUT2D eigenvalue weighted by atomic mass is 10.1. The van der Waals surface area contributed by atoms with Crippen LogP contribution in [0.3, 0.4) is 0 Å². The molecule has 0 aliphatic heterocycles. The normalized spacial score (nSPS) is 12.0. The quantitative estimate of drug-likeness (QED) is 0.324. The van der Waals surface area contributed by atoms with E-state index in [0.717, 1.165) is 0 Å². The van der Waals surface area contributed by atoms with Gasteiger partial charge in [0.25, 0.3) is 0 Å². The molecule has 0 fully saturated rings. The monoisotopic (exact) mass is 469 g/mol. The van der Waals surface area contributed by atoms with Gasteiger partial charge in [0, 0.05) is 6.42 Å². The fourth-order valence-corrected chi connectivity index (χ4v) is 2.34. The van der Waals surface area contributed by atoms with Crippen molar-refractivity contribution < 1.29 is 48.0 Å². The summed E-state index contributed by atoms with van der Waals surface area (Å²) in [5.74, 6) is -1.64. The van der Waals surface area contributed by atoms with Crippen LogP contribution >= 0.6 is 0 Å². The summed E-state index contributed by atoms with van der Waals surface area (Å²) in [6, 6.07) is 2.71. The molecule has 1 rings (SSSR count). The van der Waals surface area contributed by atoms with Crippen LogP contribution in [-0.4, -0.2) is 53.3 Å². The van der Waals surface area contributed by atoms with Crippen LogP contribution in [0.4, 0.5) is 14.4 Å². The minimum atomic E-state index is -1.34. The van der Waals surface area contributed by atoms with E-state index in [1.807, 2.05) is 0 Å². The molecule has 1 atom stereocenters. The van der Waals surface area contributed by atoms with Crippen LogP contribution in [0.15, 0.2) is 18.2 Å². The van der Waals surface area contributed by atoms with Crippen LogP contribution in [0, 0.1) is 0 Å². The molecule has 33 heavy (non-hydrogen) atoms. The molecule has 184 valence electrons. The minimum Gasteiger partial charge on any atom is -0.480 e. The van der Waals surface area contributed by atoms with Crippen molar-refractivity contribution >= 4 is 24.4 Å². The zero-order chi connectivity index (χ0) is 25.3. The Labute approximate surface area is 192 Å². The zero-order valence-corrected chi connectivity index (χ0v) is 19.8. The summed E-state index contributed by atoms with van der Waals surface area (Å²) in [6.45, 7) is 11.4. The summed E-state index contributed by atoms with van der Waals surface area (Å²) in [6.07, 6.45) is -4.06. The second kappa shape index (κ2) is 11.9. The smallest absolute Gasteiger partial charge is 0.480 e. The van der Waals surface area contributed by atoms with Gasteiger partial charge in [0.05, 0.1) is 12.2 Å². The summed E-state index contributed by atoms with van der Waals surface area (Å²) in [7, 11) is 0. The number of carboxylic acid groups (broad SMARTS) is 1. The van der Waals surface area contributed by atoms with Crippen molar-refractivity contribution in [3.8, 4) is 11.5 Å². The largest absolute Gasteiger partial charge is 0.514 e. The third kappa shape index (κ3) is 11.1. The molecule has 1 amide bonds. The number of carbonyl (C=O) groups is 4. The number of carbonyl (C=O) groups excluding carboxylic acids is 3. The molecule has 0 bridgehead atoms. The van der Waals surface area contributed by atoms with E-state index < -0.39 is 48.2 Å². The van der Waals surface area contributed by atoms with E-state index in [9.17, 15) is 24.3 Å². The fourth-order valence-electron chi connectivity index (χ4n) is 2.34. The highest BCUT2D eigenvalue weighted by atomic mass is 16.7. The Bertz CT molecular complexity index is 857. The van der Waals surface area contributed by atoms with Gasteiger partial charge in [-0.2, -0.15) is 0 Å². The standard InChI is InChI=1S/C22H31NO10/c1-12(2)29-20(27)31-16-9-8-14(11-17(16)32-21(28)30-13(3)4)10-15(18(24)25)23-19(26)33-22(5,6)7/h8-9,11-13,15H,10H2,1-7H3,(H,23,26)(H,24,25). The molecular weight excluding hydrogens is 438 g/mol. The van der Waals surface area contributed by atoms with Gasteiger partial charge < -0.3 is 34.1 Å². The Morgan fingerprint density at radius 2 is 1.42 bits per heavy atom. The van der Waals surface area contributed by atoms with Gasteiger partial charge >= 0.3 is 24.4 Å². The third-order valence-corrected chi connectivity index (χ3v) is 3.49. The van der Waals surface area contributed by atoms with Crippen LogP contribution < -0.4 is 14.8 Å². The molecule has 1 aromatic rings. The maximum absolute atomic E-state index is 12.0. The van der Waals surface area contributed by atoms with Gasteiger partial charge in [0.1, 0.15) is 11.6 Å². The van der Waals surface area contributed by atoms with Gasteiger partial charge in [-0.25, -0.2) is 19.2 Å². The fraction of sp³-hybridized carbons (Fsp3) is 0.545. The molecule has 0 aromatic heterocycles. The van der Waals surface area contributed by atoms with Crippen LogP contribution in [0.1, 0.15) is 54.0 Å². The summed E-state index contributed by atoms with van der Waals surface area (Å²) >= 11 is 0. The lowest BCUT2D eigenvalue weighted by Gasteiger charge is -2.22. The van der Waals surface area contributed by atoms with Crippen LogP contribution in [0.2, 0.25) is 0 Å². The predicted molar refractivity (Wildman–Crippen MR) is 115 cm³/mol. The number of nitrogens with one attached hydrogen (secondary N) is 1. The first-order valence-electron chi connectivity index (χ1n) is 10.3. The topological polar surface area (TPSA) is 147 Å². The SMILES string of the molecule is CC(C)OC(=O)Oc1ccc(CC(NC(=O)OC(C)(C)C)C(=O)O)cc1OC(=O)OC(C)C. The lowest BCUT2D eigenvalue weighted by molar-refractivity contribution is -0.139. The van der Waals surface area contributed by atoms with Gasteiger partial charge in [-0.05, 0) is 66.2 Å². The van der Waals surface area contributed by atoms with Crippen LogP contribution in [-0.2, 0) is 25.4 Å². The lowest BCUT2D eigenvalue weighted by Crippen LogP contribution is -2.44. The first kappa shape index (κ1) is 27.5. The Kier molecular flexibility index (Phi) is 9.96. The second-order valence-electron chi connectivity index (χ2n) is 8.56. The number of amides is 1. The average Bonchev–Trinajstić information content (AvgIpc) is 2.60. The van der Waals surface area contributed by atoms with Crippen molar-refractivity contribution in [1.29, 1.82) is 0 Å². The predicted octanol–water partition coefficient (Wildman–Crippen LogP) is 4.05. The molecule has 11 heteroatoms. The molecule has 0 saturated heterocycles. The van der Waals surface area contributed by atoms with Gasteiger partial charge in [-0.1, -0.05) is 6.07 Å². The van der Waals surface area contributed by atoms with Crippen molar-refractivity contribution in [2.75, 3.05) is 0 Å². The van der Waals surface area contributed by atoms with Gasteiger partial charge in [-0.3, -0.25) is 0 Å². The highest BCUT2D eigenvalue weighted by Gasteiger charge is 2.25. The summed E-state index contributed by atoms with van der Waals surface area (Å²) in [4.78, 5) is 47.5. The van der Waals surface area contributed by atoms with E-state index in [1.165, 1.54) is 18.2 Å². The van der Waals surface area contributed by atoms with Crippen LogP contribution in [0.5, 0.6) is 11.5 Å². The number of hydrogen-bond donors (Lipinski definition) is 2. The van der Waals surface area contributed by atoms with E-state index in [1.54, 1.807) is 48.5 Å². The van der Waals surface area contributed by atoms with E-state index in [2.05, 4.69) is 5.32 Å². The number of rotatable bonds is 8. The Hall–Kier alpha value is -3.50. The molecule has 0 radical (unpaired) electrons. The molecule has 1 aromatic carbocycles. The van der Waals surface area contributed by atoms with E-state index in [-0.39, 0.29) is 17.9 Å². The maximum atomic E-state index is 12.0. The molecule has 0 aliphatic rings. The number of aliphatic carboxylic acids is 1. The molecule has 11 nitrogen and oxygen atoms in total. The number of benzene rings is 1. The number of ether oxygens (including phenoxy) is 5. The molecule has 2 N–H and O–H groups in total. The molecule has 1 unspecified atom stereocenters. The van der Waals surface area contributed by atoms with Crippen molar-refractivity contribution in [2.45, 2.75) is 78.7 Å². The minimum absolute atomic E-state index is 0.142. The molecule has 0 spiro atoms. The maximum Gasteiger partial charge on any atom is 0.514 e. The van der Waals surface area contributed by atoms with Crippen molar-refractivity contribution in [2.24, 2.45) is 0 Å². The van der Waals surface area contributed by atoms with Crippen molar-refractivity contribution in [3.63, 3.8) is 0 Å². The first-order valence-corrected chi connectivity index (χ1v) is 10.3. The van der Waals surface area contributed by atoms with E-state index >= 15 is 0 Å². The molecular formula is C22H31NO10. The number of carboxylic acids is 1. The highest BCUT2D eigenvalue weighted by Crippen LogP contribution is 2.30.